The lowest BCUT2D eigenvalue weighted by Gasteiger charge is -2.19. The average molecular weight is 291 g/mol. The molecule has 7 heteroatoms. The molecule has 0 aliphatic heterocycles. The summed E-state index contributed by atoms with van der Waals surface area (Å²) in [5, 5.41) is 0.478. The van der Waals surface area contributed by atoms with E-state index in [2.05, 4.69) is 14.1 Å². The fourth-order valence-corrected chi connectivity index (χ4v) is 2.29. The summed E-state index contributed by atoms with van der Waals surface area (Å²) in [5.41, 5.74) is 0.879. The fraction of sp³-hybridized carbons (Fsp3) is 0.231. The summed E-state index contributed by atoms with van der Waals surface area (Å²) in [7, 11) is 2.84. The Morgan fingerprint density at radius 2 is 2.10 bits per heavy atom. The number of likely N-dealkylation sites (N-methyl/N-ethyl adjacent to an activating group) is 1. The highest BCUT2D eigenvalue weighted by Crippen LogP contribution is 2.24. The topological polar surface area (TPSA) is 72.4 Å². The van der Waals surface area contributed by atoms with Gasteiger partial charge in [-0.25, -0.2) is 4.79 Å². The van der Waals surface area contributed by atoms with Crippen LogP contribution in [0.15, 0.2) is 30.3 Å². The summed E-state index contributed by atoms with van der Waals surface area (Å²) in [6.07, 6.45) is 0.523. The molecule has 2 aromatic rings. The molecule has 1 unspecified atom stereocenters. The van der Waals surface area contributed by atoms with Crippen LogP contribution in [0.5, 0.6) is 0 Å². The normalized spacial score (nSPS) is 11.7. The Balaban J connectivity index is 2.24. The monoisotopic (exact) mass is 291 g/mol. The van der Waals surface area contributed by atoms with Crippen molar-refractivity contribution in [1.82, 2.24) is 9.36 Å². The Morgan fingerprint density at radius 1 is 1.40 bits per heavy atom. The maximum absolute atomic E-state index is 11.5. The van der Waals surface area contributed by atoms with E-state index >= 15 is 0 Å². The summed E-state index contributed by atoms with van der Waals surface area (Å²) < 4.78 is 8.81. The van der Waals surface area contributed by atoms with Gasteiger partial charge in [0.15, 0.2) is 18.2 Å². The van der Waals surface area contributed by atoms with E-state index in [4.69, 9.17) is 0 Å². The van der Waals surface area contributed by atoms with Gasteiger partial charge in [0, 0.05) is 24.1 Å². The maximum atomic E-state index is 11.5. The van der Waals surface area contributed by atoms with Crippen molar-refractivity contribution < 1.29 is 14.3 Å². The number of rotatable bonds is 5. The molecule has 1 atom stereocenters. The van der Waals surface area contributed by atoms with Crippen LogP contribution >= 0.6 is 11.5 Å². The highest BCUT2D eigenvalue weighted by atomic mass is 32.1. The Hall–Kier alpha value is -2.28. The van der Waals surface area contributed by atoms with Gasteiger partial charge < -0.3 is 14.4 Å². The lowest BCUT2D eigenvalue weighted by molar-refractivity contribution is -0.143. The molecule has 2 rings (SSSR count). The van der Waals surface area contributed by atoms with E-state index in [1.165, 1.54) is 12.0 Å². The number of anilines is 1. The lowest BCUT2D eigenvalue weighted by Crippen LogP contribution is -2.40. The van der Waals surface area contributed by atoms with Crippen LogP contribution in [0.3, 0.4) is 0 Å². The van der Waals surface area contributed by atoms with Crippen LogP contribution in [0.1, 0.15) is 0 Å². The predicted molar refractivity (Wildman–Crippen MR) is 75.6 cm³/mol. The van der Waals surface area contributed by atoms with Gasteiger partial charge in [0.25, 0.3) is 0 Å². The van der Waals surface area contributed by atoms with E-state index in [9.17, 15) is 9.59 Å². The highest BCUT2D eigenvalue weighted by molar-refractivity contribution is 7.09. The van der Waals surface area contributed by atoms with Crippen molar-refractivity contribution in [3.63, 3.8) is 0 Å². The molecule has 0 amide bonds. The number of hydrogen-bond donors (Lipinski definition) is 0. The summed E-state index contributed by atoms with van der Waals surface area (Å²) >= 11 is 1.12. The molecular weight excluding hydrogens is 278 g/mol. The van der Waals surface area contributed by atoms with E-state index in [0.717, 1.165) is 17.1 Å². The van der Waals surface area contributed by atoms with Crippen molar-refractivity contribution in [2.45, 2.75) is 6.04 Å². The number of aldehydes is 1. The predicted octanol–water partition coefficient (Wildman–Crippen LogP) is 1.38. The molecule has 1 aromatic carbocycles. The van der Waals surface area contributed by atoms with Crippen LogP contribution in [0, 0.1) is 0 Å². The zero-order chi connectivity index (χ0) is 14.5. The van der Waals surface area contributed by atoms with Gasteiger partial charge in [-0.3, -0.25) is 0 Å². The molecule has 20 heavy (non-hydrogen) atoms. The van der Waals surface area contributed by atoms with Crippen LogP contribution in [-0.4, -0.2) is 41.8 Å². The number of aromatic nitrogens is 2. The molecule has 0 saturated carbocycles. The molecule has 0 bridgehead atoms. The van der Waals surface area contributed by atoms with Crippen LogP contribution in [0.4, 0.5) is 5.13 Å². The number of carbonyl (C=O) groups is 2. The van der Waals surface area contributed by atoms with E-state index in [-0.39, 0.29) is 0 Å². The van der Waals surface area contributed by atoms with Gasteiger partial charge in [0.2, 0.25) is 5.13 Å². The van der Waals surface area contributed by atoms with Gasteiger partial charge in [0.05, 0.1) is 7.11 Å². The van der Waals surface area contributed by atoms with Gasteiger partial charge in [0.1, 0.15) is 0 Å². The zero-order valence-corrected chi connectivity index (χ0v) is 11.8. The average Bonchev–Trinajstić information content (AvgIpc) is 2.98. The largest absolute Gasteiger partial charge is 0.467 e. The Labute approximate surface area is 120 Å². The Kier molecular flexibility index (Phi) is 4.41. The third-order valence-electron chi connectivity index (χ3n) is 2.74. The van der Waals surface area contributed by atoms with Crippen molar-refractivity contribution in [2.24, 2.45) is 0 Å². The maximum Gasteiger partial charge on any atom is 0.336 e. The molecular formula is C13H13N3O3S. The van der Waals surface area contributed by atoms with E-state index in [0.29, 0.717) is 17.2 Å². The molecule has 0 N–H and O–H groups in total. The molecule has 1 heterocycles. The molecule has 0 spiro atoms. The van der Waals surface area contributed by atoms with Crippen LogP contribution in [0.2, 0.25) is 0 Å². The van der Waals surface area contributed by atoms with Gasteiger partial charge in [-0.05, 0) is 0 Å². The molecule has 6 nitrogen and oxygen atoms in total. The molecule has 0 radical (unpaired) electrons. The van der Waals surface area contributed by atoms with Crippen LogP contribution in [-0.2, 0) is 14.3 Å². The van der Waals surface area contributed by atoms with Crippen LogP contribution in [0.25, 0.3) is 11.4 Å². The van der Waals surface area contributed by atoms with Gasteiger partial charge in [-0.15, -0.1) is 0 Å². The molecule has 0 aliphatic carbocycles. The quantitative estimate of drug-likeness (QED) is 0.471. The van der Waals surface area contributed by atoms with Crippen molar-refractivity contribution in [3.8, 4) is 11.4 Å². The molecule has 0 saturated heterocycles. The Morgan fingerprint density at radius 3 is 2.70 bits per heavy atom. The molecule has 104 valence electrons. The first-order valence-electron chi connectivity index (χ1n) is 5.82. The van der Waals surface area contributed by atoms with Crippen molar-refractivity contribution in [1.29, 1.82) is 0 Å². The number of benzene rings is 1. The highest BCUT2D eigenvalue weighted by Gasteiger charge is 2.26. The van der Waals surface area contributed by atoms with E-state index < -0.39 is 12.0 Å². The lowest BCUT2D eigenvalue weighted by atomic mass is 10.2. The number of methoxy groups -OCH3 is 1. The number of nitrogens with zero attached hydrogens (tertiary/aromatic N) is 3. The van der Waals surface area contributed by atoms with Gasteiger partial charge in [-0.2, -0.15) is 9.36 Å². The second-order valence-electron chi connectivity index (χ2n) is 3.98. The summed E-state index contributed by atoms with van der Waals surface area (Å²) in [5.74, 6) is -0.0640. The van der Waals surface area contributed by atoms with Gasteiger partial charge in [-0.1, -0.05) is 30.3 Å². The van der Waals surface area contributed by atoms with Gasteiger partial charge >= 0.3 is 5.97 Å². The number of hydrogen-bond acceptors (Lipinski definition) is 7. The third-order valence-corrected chi connectivity index (χ3v) is 3.54. The van der Waals surface area contributed by atoms with E-state index in [1.807, 2.05) is 30.3 Å². The first-order valence-corrected chi connectivity index (χ1v) is 6.59. The van der Waals surface area contributed by atoms with Crippen molar-refractivity contribution in [3.05, 3.63) is 30.3 Å². The van der Waals surface area contributed by atoms with E-state index in [1.54, 1.807) is 7.05 Å². The SMILES string of the molecule is COC(=O)C(C=O)N(C)c1nc(-c2ccccc2)ns1. The summed E-state index contributed by atoms with van der Waals surface area (Å²) in [4.78, 5) is 28.3. The first-order chi connectivity index (χ1) is 9.67. The van der Waals surface area contributed by atoms with Crippen LogP contribution < -0.4 is 4.90 Å². The molecule has 0 fully saturated rings. The second-order valence-corrected chi connectivity index (χ2v) is 4.71. The van der Waals surface area contributed by atoms with Crippen molar-refractivity contribution in [2.75, 3.05) is 19.1 Å². The fourth-order valence-electron chi connectivity index (χ4n) is 1.61. The summed E-state index contributed by atoms with van der Waals surface area (Å²) in [6, 6.07) is 8.46. The minimum absolute atomic E-state index is 0.478. The Bertz CT molecular complexity index is 600. The molecule has 0 aliphatic rings. The number of ether oxygens (including phenoxy) is 1. The molecule has 1 aromatic heterocycles. The first kappa shape index (κ1) is 14.1. The third kappa shape index (κ3) is 2.83. The number of esters is 1. The smallest absolute Gasteiger partial charge is 0.336 e. The standard InChI is InChI=1S/C13H13N3O3S/c1-16(10(8-17)12(18)19-2)13-14-11(15-20-13)9-6-4-3-5-7-9/h3-8,10H,1-2H3. The zero-order valence-electron chi connectivity index (χ0n) is 11.0. The number of carbonyl (C=O) groups excluding carboxylic acids is 2. The minimum Gasteiger partial charge on any atom is -0.467 e. The van der Waals surface area contributed by atoms with Crippen molar-refractivity contribution >= 4 is 28.9 Å². The minimum atomic E-state index is -1.02. The summed E-state index contributed by atoms with van der Waals surface area (Å²) in [6.45, 7) is 0. The second kappa shape index (κ2) is 6.25.